The third kappa shape index (κ3) is 2.35. The average molecular weight is 147 g/mol. The van der Waals surface area contributed by atoms with Gasteiger partial charge >= 0.3 is 5.97 Å². The van der Waals surface area contributed by atoms with Crippen molar-refractivity contribution in [3.8, 4) is 0 Å². The highest BCUT2D eigenvalue weighted by atomic mass is 16.4. The number of hydrogen-bond donors (Lipinski definition) is 1. The highest BCUT2D eigenvalue weighted by Gasteiger charge is 2.22. The van der Waals surface area contributed by atoms with Crippen molar-refractivity contribution in [1.82, 2.24) is 4.90 Å². The molecule has 3 nitrogen and oxygen atoms in total. The van der Waals surface area contributed by atoms with Crippen LogP contribution >= 0.6 is 0 Å². The molecule has 0 rings (SSSR count). The summed E-state index contributed by atoms with van der Waals surface area (Å²) in [6.45, 7) is 3.55. The highest BCUT2D eigenvalue weighted by Crippen LogP contribution is 2.06. The van der Waals surface area contributed by atoms with Crippen molar-refractivity contribution in [1.29, 1.82) is 0 Å². The standard InChI is InChI=1S/C7H15NO2/c1-5(2)6(7(9)10)8(3)4/h5-6H,1-4H3,(H,9,10)/t6-/m0/s1/i3D,4D. The first-order valence-electron chi connectivity index (χ1n) is 4.51. The molecule has 3 heteroatoms. The van der Waals surface area contributed by atoms with Crippen LogP contribution in [0, 0.1) is 5.92 Å². The van der Waals surface area contributed by atoms with E-state index in [1.165, 1.54) is 4.90 Å². The zero-order chi connectivity index (χ0) is 9.72. The summed E-state index contributed by atoms with van der Waals surface area (Å²) in [5, 5.41) is 8.77. The smallest absolute Gasteiger partial charge is 0.321 e. The van der Waals surface area contributed by atoms with Gasteiger partial charge in [0.2, 0.25) is 0 Å². The second-order valence-electron chi connectivity index (χ2n) is 2.62. The maximum Gasteiger partial charge on any atom is 0.321 e. The molecule has 0 aromatic heterocycles. The zero-order valence-electron chi connectivity index (χ0n) is 8.37. The maximum atomic E-state index is 10.7. The molecule has 60 valence electrons. The van der Waals surface area contributed by atoms with Gasteiger partial charge < -0.3 is 5.11 Å². The summed E-state index contributed by atoms with van der Waals surface area (Å²) in [5.41, 5.74) is 0. The predicted molar refractivity (Wildman–Crippen MR) is 39.9 cm³/mol. The minimum atomic E-state index is -0.954. The predicted octanol–water partition coefficient (Wildman–Crippen LogP) is 0.657. The minimum Gasteiger partial charge on any atom is -0.480 e. The van der Waals surface area contributed by atoms with Gasteiger partial charge in [0.15, 0.2) is 0 Å². The summed E-state index contributed by atoms with van der Waals surface area (Å²) >= 11 is 0. The van der Waals surface area contributed by atoms with Crippen LogP contribution in [0.5, 0.6) is 0 Å². The number of carbonyl (C=O) groups is 1. The van der Waals surface area contributed by atoms with Crippen molar-refractivity contribution < 1.29 is 12.6 Å². The van der Waals surface area contributed by atoms with Gasteiger partial charge in [-0.05, 0) is 20.0 Å². The van der Waals surface area contributed by atoms with Crippen LogP contribution in [-0.2, 0) is 4.79 Å². The Morgan fingerprint density at radius 2 is 2.10 bits per heavy atom. The molecule has 0 radical (unpaired) electrons. The van der Waals surface area contributed by atoms with Gasteiger partial charge in [-0.15, -0.1) is 0 Å². The van der Waals surface area contributed by atoms with E-state index in [1.807, 2.05) is 0 Å². The van der Waals surface area contributed by atoms with Gasteiger partial charge in [0.1, 0.15) is 6.04 Å². The van der Waals surface area contributed by atoms with E-state index >= 15 is 0 Å². The second-order valence-corrected chi connectivity index (χ2v) is 2.62. The highest BCUT2D eigenvalue weighted by molar-refractivity contribution is 5.73. The molecular weight excluding hydrogens is 130 g/mol. The molecule has 0 amide bonds. The number of carboxylic acid groups (broad SMARTS) is 1. The largest absolute Gasteiger partial charge is 0.480 e. The molecular formula is C7H15NO2. The van der Waals surface area contributed by atoms with E-state index in [1.54, 1.807) is 13.8 Å². The van der Waals surface area contributed by atoms with Crippen LogP contribution in [0.1, 0.15) is 16.6 Å². The molecule has 0 aromatic carbocycles. The summed E-state index contributed by atoms with van der Waals surface area (Å²) in [5.74, 6) is -1.03. The molecule has 0 aliphatic rings. The van der Waals surface area contributed by atoms with Gasteiger partial charge in [-0.2, -0.15) is 0 Å². The van der Waals surface area contributed by atoms with Crippen molar-refractivity contribution >= 4 is 5.97 Å². The Labute approximate surface area is 64.5 Å². The molecule has 0 fully saturated rings. The first-order valence-corrected chi connectivity index (χ1v) is 3.10. The fourth-order valence-corrected chi connectivity index (χ4v) is 0.863. The van der Waals surface area contributed by atoms with Crippen LogP contribution < -0.4 is 0 Å². The molecule has 0 bridgehead atoms. The van der Waals surface area contributed by atoms with E-state index in [0.717, 1.165) is 0 Å². The van der Waals surface area contributed by atoms with Gasteiger partial charge in [0.05, 0.1) is 0 Å². The summed E-state index contributed by atoms with van der Waals surface area (Å²) in [6, 6.07) is -0.708. The quantitative estimate of drug-likeness (QED) is 0.637. The Balaban J connectivity index is 4.36. The number of rotatable bonds is 3. The van der Waals surface area contributed by atoms with E-state index in [0.29, 0.717) is 0 Å². The van der Waals surface area contributed by atoms with Crippen molar-refractivity contribution in [3.63, 3.8) is 0 Å². The Morgan fingerprint density at radius 1 is 1.60 bits per heavy atom. The Hall–Kier alpha value is -0.570. The fourth-order valence-electron chi connectivity index (χ4n) is 0.863. The van der Waals surface area contributed by atoms with Gasteiger partial charge in [-0.25, -0.2) is 0 Å². The summed E-state index contributed by atoms with van der Waals surface area (Å²) in [6.07, 6.45) is 0. The molecule has 1 N–H and O–H groups in total. The normalized spacial score (nSPS) is 16.8. The number of carboxylic acids is 1. The van der Waals surface area contributed by atoms with Crippen LogP contribution in [-0.4, -0.2) is 36.1 Å². The lowest BCUT2D eigenvalue weighted by molar-refractivity contribution is -0.143. The van der Waals surface area contributed by atoms with Crippen LogP contribution in [0.15, 0.2) is 0 Å². The third-order valence-corrected chi connectivity index (χ3v) is 1.28. The molecule has 10 heavy (non-hydrogen) atoms. The van der Waals surface area contributed by atoms with Gasteiger partial charge in [-0.3, -0.25) is 9.69 Å². The van der Waals surface area contributed by atoms with Crippen molar-refractivity contribution in [2.24, 2.45) is 5.92 Å². The van der Waals surface area contributed by atoms with Crippen molar-refractivity contribution in [2.45, 2.75) is 19.9 Å². The van der Waals surface area contributed by atoms with Crippen LogP contribution in [0.3, 0.4) is 0 Å². The summed E-state index contributed by atoms with van der Waals surface area (Å²) in [4.78, 5) is 12.0. The molecule has 0 aliphatic carbocycles. The molecule has 0 unspecified atom stereocenters. The maximum absolute atomic E-state index is 10.7. The number of likely N-dealkylation sites (N-methyl/N-ethyl adjacent to an activating group) is 1. The lowest BCUT2D eigenvalue weighted by atomic mass is 10.0. The lowest BCUT2D eigenvalue weighted by Gasteiger charge is -2.22. The van der Waals surface area contributed by atoms with Gasteiger partial charge in [0, 0.05) is 2.74 Å². The minimum absolute atomic E-state index is 0.0711. The van der Waals surface area contributed by atoms with Crippen LogP contribution in [0.4, 0.5) is 0 Å². The lowest BCUT2D eigenvalue weighted by Crippen LogP contribution is -2.39. The van der Waals surface area contributed by atoms with E-state index in [9.17, 15) is 4.79 Å². The molecule has 1 atom stereocenters. The second kappa shape index (κ2) is 3.56. The van der Waals surface area contributed by atoms with E-state index in [-0.39, 0.29) is 20.0 Å². The van der Waals surface area contributed by atoms with Crippen LogP contribution in [0.25, 0.3) is 0 Å². The average Bonchev–Trinajstić information content (AvgIpc) is 1.98. The molecule has 0 heterocycles. The molecule has 0 spiro atoms. The SMILES string of the molecule is [2H]CN(C[2H])[C@H](C(=O)O)C(C)C. The number of hydrogen-bond acceptors (Lipinski definition) is 2. The Kier molecular flexibility index (Phi) is 2.19. The molecule has 0 saturated carbocycles. The van der Waals surface area contributed by atoms with E-state index < -0.39 is 12.0 Å². The molecule has 0 aromatic rings. The first kappa shape index (κ1) is 6.16. The molecule has 0 aliphatic heterocycles. The third-order valence-electron chi connectivity index (χ3n) is 1.28. The monoisotopic (exact) mass is 147 g/mol. The van der Waals surface area contributed by atoms with E-state index in [4.69, 9.17) is 7.85 Å². The van der Waals surface area contributed by atoms with Crippen molar-refractivity contribution in [2.75, 3.05) is 14.0 Å². The van der Waals surface area contributed by atoms with Gasteiger partial charge in [0.25, 0.3) is 0 Å². The van der Waals surface area contributed by atoms with Crippen LogP contribution in [0.2, 0.25) is 0 Å². The molecule has 0 saturated heterocycles. The topological polar surface area (TPSA) is 40.5 Å². The van der Waals surface area contributed by atoms with E-state index in [2.05, 4.69) is 0 Å². The fraction of sp³-hybridized carbons (Fsp3) is 0.857. The van der Waals surface area contributed by atoms with Gasteiger partial charge in [-0.1, -0.05) is 13.8 Å². The van der Waals surface area contributed by atoms with Crippen molar-refractivity contribution in [3.05, 3.63) is 0 Å². The summed E-state index contributed by atoms with van der Waals surface area (Å²) in [7, 11) is -0.280. The Morgan fingerprint density at radius 3 is 2.20 bits per heavy atom. The number of nitrogens with zero attached hydrogens (tertiary/aromatic N) is 1. The summed E-state index contributed by atoms with van der Waals surface area (Å²) < 4.78 is 14.0. The zero-order valence-corrected chi connectivity index (χ0v) is 6.37. The number of aliphatic carboxylic acids is 1. The first-order chi connectivity index (χ1) is 5.54. The Bertz CT molecular complexity index is 148.